The summed E-state index contributed by atoms with van der Waals surface area (Å²) in [4.78, 5) is 11.9. The summed E-state index contributed by atoms with van der Waals surface area (Å²) < 4.78 is 22.0. The van der Waals surface area contributed by atoms with E-state index >= 15 is 0 Å². The molecule has 0 bridgehead atoms. The van der Waals surface area contributed by atoms with Crippen LogP contribution in [0, 0.1) is 0 Å². The Labute approximate surface area is 138 Å². The van der Waals surface area contributed by atoms with E-state index in [-0.39, 0.29) is 12.4 Å². The molecular formula is C13H13BrN4O5. The molecule has 0 atom stereocenters. The second-order valence-electron chi connectivity index (χ2n) is 4.75. The summed E-state index contributed by atoms with van der Waals surface area (Å²) >= 11 is 3.29. The van der Waals surface area contributed by atoms with Gasteiger partial charge in [-0.2, -0.15) is 0 Å². The quantitative estimate of drug-likeness (QED) is 0.567. The van der Waals surface area contributed by atoms with Gasteiger partial charge in [0, 0.05) is 13.7 Å². The number of aryl methyl sites for hydroxylation is 1. The minimum Gasteiger partial charge on any atom is -0.466 e. The number of aromatic nitrogens is 4. The number of furan rings is 1. The van der Waals surface area contributed by atoms with Crippen LogP contribution in [0.1, 0.15) is 17.9 Å². The van der Waals surface area contributed by atoms with Crippen LogP contribution in [0.2, 0.25) is 0 Å². The summed E-state index contributed by atoms with van der Waals surface area (Å²) in [6, 6.07) is 1.75. The van der Waals surface area contributed by atoms with Crippen LogP contribution in [-0.4, -0.2) is 33.8 Å². The van der Waals surface area contributed by atoms with Gasteiger partial charge in [-0.05, 0) is 40.0 Å². The van der Waals surface area contributed by atoms with Crippen LogP contribution in [0.25, 0.3) is 11.5 Å². The summed E-state index contributed by atoms with van der Waals surface area (Å²) in [7, 11) is 1.62. The largest absolute Gasteiger partial charge is 0.466 e. The first-order chi connectivity index (χ1) is 11.2. The van der Waals surface area contributed by atoms with Crippen molar-refractivity contribution in [3.63, 3.8) is 0 Å². The van der Waals surface area contributed by atoms with Gasteiger partial charge >= 0.3 is 5.76 Å². The summed E-state index contributed by atoms with van der Waals surface area (Å²) in [5.74, 6) is 0.204. The van der Waals surface area contributed by atoms with Gasteiger partial charge in [0.05, 0.1) is 11.0 Å². The zero-order valence-corrected chi connectivity index (χ0v) is 13.8. The van der Waals surface area contributed by atoms with Crippen LogP contribution in [-0.2, 0) is 17.7 Å². The number of nitrogens with zero attached hydrogens (tertiary/aromatic N) is 4. The third-order valence-corrected chi connectivity index (χ3v) is 3.57. The van der Waals surface area contributed by atoms with Gasteiger partial charge in [0.2, 0.25) is 5.82 Å². The molecule has 9 nitrogen and oxygen atoms in total. The Morgan fingerprint density at radius 1 is 1.35 bits per heavy atom. The van der Waals surface area contributed by atoms with Crippen molar-refractivity contribution in [1.82, 2.24) is 20.0 Å². The lowest BCUT2D eigenvalue weighted by Gasteiger charge is -2.01. The first-order valence-electron chi connectivity index (χ1n) is 6.79. The SMILES string of the molecule is COCCCc1nonc1-c1noc(=O)n1Cc1cc(Br)co1. The maximum absolute atomic E-state index is 11.9. The Bertz CT molecular complexity index is 833. The van der Waals surface area contributed by atoms with Crippen molar-refractivity contribution in [3.05, 3.63) is 38.8 Å². The molecule has 0 N–H and O–H groups in total. The van der Waals surface area contributed by atoms with Crippen molar-refractivity contribution in [2.45, 2.75) is 19.4 Å². The lowest BCUT2D eigenvalue weighted by atomic mass is 10.2. The molecule has 0 amide bonds. The Kier molecular flexibility index (Phi) is 4.72. The van der Waals surface area contributed by atoms with Crippen LogP contribution in [0.5, 0.6) is 0 Å². The Morgan fingerprint density at radius 3 is 2.96 bits per heavy atom. The van der Waals surface area contributed by atoms with Crippen molar-refractivity contribution in [2.24, 2.45) is 0 Å². The number of halogens is 1. The zero-order chi connectivity index (χ0) is 16.2. The maximum Gasteiger partial charge on any atom is 0.442 e. The number of methoxy groups -OCH3 is 1. The minimum atomic E-state index is -0.613. The van der Waals surface area contributed by atoms with Crippen molar-refractivity contribution in [2.75, 3.05) is 13.7 Å². The van der Waals surface area contributed by atoms with Gasteiger partial charge in [-0.25, -0.2) is 14.0 Å². The average molecular weight is 385 g/mol. The van der Waals surface area contributed by atoms with E-state index in [1.54, 1.807) is 13.2 Å². The van der Waals surface area contributed by atoms with E-state index in [1.807, 2.05) is 0 Å². The molecule has 0 aliphatic carbocycles. The first-order valence-corrected chi connectivity index (χ1v) is 7.58. The average Bonchev–Trinajstić information content (AvgIpc) is 3.23. The summed E-state index contributed by atoms with van der Waals surface area (Å²) in [6.07, 6.45) is 2.85. The van der Waals surface area contributed by atoms with E-state index in [1.165, 1.54) is 10.8 Å². The molecule has 3 heterocycles. The van der Waals surface area contributed by atoms with E-state index in [9.17, 15) is 4.79 Å². The van der Waals surface area contributed by atoms with Gasteiger partial charge in [-0.15, -0.1) is 0 Å². The lowest BCUT2D eigenvalue weighted by Crippen LogP contribution is -2.16. The molecule has 0 unspecified atom stereocenters. The van der Waals surface area contributed by atoms with Crippen LogP contribution in [0.4, 0.5) is 0 Å². The van der Waals surface area contributed by atoms with Crippen LogP contribution < -0.4 is 5.76 Å². The molecular weight excluding hydrogens is 372 g/mol. The third kappa shape index (κ3) is 3.42. The molecule has 0 saturated carbocycles. The number of hydrogen-bond acceptors (Lipinski definition) is 8. The van der Waals surface area contributed by atoms with Crippen LogP contribution >= 0.6 is 15.9 Å². The summed E-state index contributed by atoms with van der Waals surface area (Å²) in [5.41, 5.74) is 0.960. The van der Waals surface area contributed by atoms with Gasteiger partial charge in [-0.3, -0.25) is 4.52 Å². The Hall–Kier alpha value is -2.20. The highest BCUT2D eigenvalue weighted by atomic mass is 79.9. The first kappa shape index (κ1) is 15.7. The highest BCUT2D eigenvalue weighted by Crippen LogP contribution is 2.21. The van der Waals surface area contributed by atoms with Gasteiger partial charge in [0.25, 0.3) is 0 Å². The van der Waals surface area contributed by atoms with Crippen molar-refractivity contribution in [1.29, 1.82) is 0 Å². The van der Waals surface area contributed by atoms with Gasteiger partial charge in [-0.1, -0.05) is 10.3 Å². The molecule has 122 valence electrons. The third-order valence-electron chi connectivity index (χ3n) is 3.15. The molecule has 0 radical (unpaired) electrons. The van der Waals surface area contributed by atoms with Crippen LogP contribution in [0.3, 0.4) is 0 Å². The van der Waals surface area contributed by atoms with E-state index in [0.29, 0.717) is 30.2 Å². The minimum absolute atomic E-state index is 0.160. The molecule has 3 aromatic rings. The number of hydrogen-bond donors (Lipinski definition) is 0. The molecule has 3 aromatic heterocycles. The second kappa shape index (κ2) is 6.92. The predicted molar refractivity (Wildman–Crippen MR) is 79.8 cm³/mol. The summed E-state index contributed by atoms with van der Waals surface area (Å²) in [5, 5.41) is 11.5. The van der Waals surface area contributed by atoms with Gasteiger partial charge < -0.3 is 9.15 Å². The predicted octanol–water partition coefficient (Wildman–Crippen LogP) is 1.87. The molecule has 0 spiro atoms. The van der Waals surface area contributed by atoms with E-state index in [4.69, 9.17) is 18.3 Å². The molecule has 0 aromatic carbocycles. The second-order valence-corrected chi connectivity index (χ2v) is 5.66. The summed E-state index contributed by atoms with van der Waals surface area (Å²) in [6.45, 7) is 0.742. The standard InChI is InChI=1S/C13H13BrN4O5/c1-20-4-2-3-10-11(16-23-15-10)12-17-22-13(19)18(12)6-9-5-8(14)7-21-9/h5,7H,2-4,6H2,1H3. The molecule has 0 fully saturated rings. The smallest absolute Gasteiger partial charge is 0.442 e. The van der Waals surface area contributed by atoms with E-state index in [2.05, 4.69) is 31.4 Å². The van der Waals surface area contributed by atoms with Crippen molar-refractivity contribution >= 4 is 15.9 Å². The molecule has 0 aliphatic rings. The van der Waals surface area contributed by atoms with Crippen molar-refractivity contribution in [3.8, 4) is 11.5 Å². The van der Waals surface area contributed by atoms with Gasteiger partial charge in [0.1, 0.15) is 17.7 Å². The molecule has 3 rings (SSSR count). The van der Waals surface area contributed by atoms with Gasteiger partial charge in [0.15, 0.2) is 5.69 Å². The fraction of sp³-hybridized carbons (Fsp3) is 0.385. The fourth-order valence-corrected chi connectivity index (χ4v) is 2.44. The molecule has 23 heavy (non-hydrogen) atoms. The maximum atomic E-state index is 11.9. The Balaban J connectivity index is 1.89. The highest BCUT2D eigenvalue weighted by Gasteiger charge is 2.22. The zero-order valence-electron chi connectivity index (χ0n) is 12.2. The van der Waals surface area contributed by atoms with Crippen molar-refractivity contribution < 1.29 is 18.3 Å². The molecule has 0 aliphatic heterocycles. The monoisotopic (exact) mass is 384 g/mol. The fourth-order valence-electron chi connectivity index (χ4n) is 2.09. The van der Waals surface area contributed by atoms with Crippen LogP contribution in [0.15, 0.2) is 35.2 Å². The van der Waals surface area contributed by atoms with E-state index in [0.717, 1.165) is 10.9 Å². The highest BCUT2D eigenvalue weighted by molar-refractivity contribution is 9.10. The number of rotatable bonds is 7. The molecule has 10 heteroatoms. The topological polar surface area (TPSA) is 109 Å². The normalized spacial score (nSPS) is 11.2. The lowest BCUT2D eigenvalue weighted by molar-refractivity contribution is 0.194. The van der Waals surface area contributed by atoms with E-state index < -0.39 is 5.76 Å². The Morgan fingerprint density at radius 2 is 2.22 bits per heavy atom. The number of ether oxygens (including phenoxy) is 1. The molecule has 0 saturated heterocycles.